The first-order chi connectivity index (χ1) is 10.5. The number of carbonyl (C=O) groups excluding carboxylic acids is 1. The lowest BCUT2D eigenvalue weighted by atomic mass is 10.2. The summed E-state index contributed by atoms with van der Waals surface area (Å²) in [5.41, 5.74) is 0.963. The predicted octanol–water partition coefficient (Wildman–Crippen LogP) is 4.11. The van der Waals surface area contributed by atoms with Crippen LogP contribution in [0, 0.1) is 10.1 Å². The lowest BCUT2D eigenvalue weighted by Crippen LogP contribution is -2.11. The molecule has 0 saturated carbocycles. The Bertz CT molecular complexity index is 877. The quantitative estimate of drug-likeness (QED) is 0.577. The van der Waals surface area contributed by atoms with E-state index in [9.17, 15) is 14.9 Å². The minimum Gasteiger partial charge on any atom is -0.298 e. The van der Waals surface area contributed by atoms with Crippen LogP contribution in [0.4, 0.5) is 10.8 Å². The fraction of sp³-hybridized carbons (Fsp3) is 0. The van der Waals surface area contributed by atoms with Crippen LogP contribution < -0.4 is 5.32 Å². The molecular formula is C14H8ClN3O3S. The van der Waals surface area contributed by atoms with Crippen molar-refractivity contribution in [2.24, 2.45) is 0 Å². The van der Waals surface area contributed by atoms with Crippen molar-refractivity contribution in [2.75, 3.05) is 5.32 Å². The van der Waals surface area contributed by atoms with E-state index in [1.54, 1.807) is 12.1 Å². The number of nitrogens with one attached hydrogen (secondary N) is 1. The summed E-state index contributed by atoms with van der Waals surface area (Å²) >= 11 is 7.22. The minimum absolute atomic E-state index is 0.0637. The van der Waals surface area contributed by atoms with Crippen molar-refractivity contribution in [3.05, 3.63) is 63.2 Å². The molecule has 1 heterocycles. The molecule has 6 nitrogen and oxygen atoms in total. The second-order valence-corrected chi connectivity index (χ2v) is 5.86. The molecule has 0 radical (unpaired) electrons. The van der Waals surface area contributed by atoms with Crippen LogP contribution in [0.2, 0.25) is 5.02 Å². The van der Waals surface area contributed by atoms with E-state index in [4.69, 9.17) is 11.6 Å². The normalized spacial score (nSPS) is 10.6. The largest absolute Gasteiger partial charge is 0.298 e. The molecule has 0 aliphatic rings. The van der Waals surface area contributed by atoms with Crippen molar-refractivity contribution >= 4 is 49.9 Å². The lowest BCUT2D eigenvalue weighted by molar-refractivity contribution is -0.384. The molecule has 0 aliphatic carbocycles. The van der Waals surface area contributed by atoms with E-state index in [0.29, 0.717) is 21.2 Å². The van der Waals surface area contributed by atoms with Crippen LogP contribution >= 0.6 is 22.9 Å². The number of thiazole rings is 1. The molecule has 8 heteroatoms. The Kier molecular flexibility index (Phi) is 3.74. The van der Waals surface area contributed by atoms with E-state index < -0.39 is 4.92 Å². The molecule has 2 aromatic carbocycles. The zero-order chi connectivity index (χ0) is 15.7. The van der Waals surface area contributed by atoms with Crippen LogP contribution in [0.25, 0.3) is 10.2 Å². The monoisotopic (exact) mass is 333 g/mol. The van der Waals surface area contributed by atoms with E-state index >= 15 is 0 Å². The number of benzene rings is 2. The van der Waals surface area contributed by atoms with Gasteiger partial charge in [0.15, 0.2) is 5.13 Å². The topological polar surface area (TPSA) is 85.1 Å². The molecule has 0 saturated heterocycles. The van der Waals surface area contributed by atoms with Crippen LogP contribution in [-0.2, 0) is 0 Å². The van der Waals surface area contributed by atoms with Gasteiger partial charge in [-0.25, -0.2) is 4.98 Å². The zero-order valence-electron chi connectivity index (χ0n) is 10.9. The predicted molar refractivity (Wildman–Crippen MR) is 85.7 cm³/mol. The molecular weight excluding hydrogens is 326 g/mol. The van der Waals surface area contributed by atoms with Crippen molar-refractivity contribution in [3.63, 3.8) is 0 Å². The second-order valence-electron chi connectivity index (χ2n) is 4.39. The molecule has 1 amide bonds. The summed E-state index contributed by atoms with van der Waals surface area (Å²) < 4.78 is 0.906. The number of nitro benzene ring substituents is 1. The first-order valence-corrected chi connectivity index (χ1v) is 7.34. The van der Waals surface area contributed by atoms with Crippen LogP contribution in [0.3, 0.4) is 0 Å². The van der Waals surface area contributed by atoms with Crippen LogP contribution in [0.1, 0.15) is 10.4 Å². The number of non-ortho nitro benzene ring substituents is 1. The molecule has 3 rings (SSSR count). The van der Waals surface area contributed by atoms with Gasteiger partial charge in [0.1, 0.15) is 0 Å². The van der Waals surface area contributed by atoms with Gasteiger partial charge >= 0.3 is 0 Å². The number of nitrogens with zero attached hydrogens (tertiary/aromatic N) is 2. The van der Waals surface area contributed by atoms with Crippen molar-refractivity contribution in [2.45, 2.75) is 0 Å². The lowest BCUT2D eigenvalue weighted by Gasteiger charge is -2.00. The molecule has 0 fully saturated rings. The van der Waals surface area contributed by atoms with E-state index in [0.717, 1.165) is 4.70 Å². The van der Waals surface area contributed by atoms with Gasteiger partial charge in [0.25, 0.3) is 11.6 Å². The highest BCUT2D eigenvalue weighted by molar-refractivity contribution is 7.22. The number of nitro groups is 1. The summed E-state index contributed by atoms with van der Waals surface area (Å²) in [6, 6.07) is 10.7. The minimum atomic E-state index is -0.515. The molecule has 0 unspecified atom stereocenters. The maximum absolute atomic E-state index is 12.1. The van der Waals surface area contributed by atoms with Crippen LogP contribution in [-0.4, -0.2) is 15.8 Å². The van der Waals surface area contributed by atoms with Gasteiger partial charge in [-0.2, -0.15) is 0 Å². The summed E-state index contributed by atoms with van der Waals surface area (Å²) in [7, 11) is 0. The third kappa shape index (κ3) is 2.90. The zero-order valence-corrected chi connectivity index (χ0v) is 12.5. The molecule has 0 spiro atoms. The van der Waals surface area contributed by atoms with Gasteiger partial charge in [0.2, 0.25) is 0 Å². The third-order valence-corrected chi connectivity index (χ3v) is 4.10. The van der Waals surface area contributed by atoms with Gasteiger partial charge in [-0.15, -0.1) is 0 Å². The fourth-order valence-corrected chi connectivity index (χ4v) is 2.87. The molecule has 0 atom stereocenters. The first-order valence-electron chi connectivity index (χ1n) is 6.15. The van der Waals surface area contributed by atoms with Crippen molar-refractivity contribution in [1.29, 1.82) is 0 Å². The number of amides is 1. The summed E-state index contributed by atoms with van der Waals surface area (Å²) in [6.07, 6.45) is 0. The molecule has 110 valence electrons. The maximum atomic E-state index is 12.1. The van der Waals surface area contributed by atoms with Crippen molar-refractivity contribution < 1.29 is 9.72 Å². The number of hydrogen-bond donors (Lipinski definition) is 1. The van der Waals surface area contributed by atoms with Gasteiger partial charge in [0.05, 0.1) is 15.1 Å². The Balaban J connectivity index is 1.81. The Labute approximate surface area is 133 Å². The third-order valence-electron chi connectivity index (χ3n) is 2.91. The number of hydrogen-bond acceptors (Lipinski definition) is 5. The fourth-order valence-electron chi connectivity index (χ4n) is 1.86. The summed E-state index contributed by atoms with van der Waals surface area (Å²) in [5, 5.41) is 14.3. The Morgan fingerprint density at radius 2 is 1.95 bits per heavy atom. The van der Waals surface area contributed by atoms with E-state index in [-0.39, 0.29) is 11.6 Å². The SMILES string of the molecule is O=C(Nc1nc2cc(Cl)ccc2s1)c1ccc([N+](=O)[O-])cc1. The summed E-state index contributed by atoms with van der Waals surface area (Å²) in [5.74, 6) is -0.375. The Morgan fingerprint density at radius 1 is 1.23 bits per heavy atom. The smallest absolute Gasteiger partial charge is 0.269 e. The van der Waals surface area contributed by atoms with E-state index in [1.165, 1.54) is 35.6 Å². The standard InChI is InChI=1S/C14H8ClN3O3S/c15-9-3-6-12-11(7-9)16-14(22-12)17-13(19)8-1-4-10(5-2-8)18(20)21/h1-7H,(H,16,17,19). The van der Waals surface area contributed by atoms with Gasteiger partial charge in [-0.1, -0.05) is 22.9 Å². The van der Waals surface area contributed by atoms with Gasteiger partial charge in [-0.05, 0) is 30.3 Å². The van der Waals surface area contributed by atoms with Crippen LogP contribution in [0.15, 0.2) is 42.5 Å². The molecule has 1 aromatic heterocycles. The Morgan fingerprint density at radius 3 is 2.64 bits per heavy atom. The Hall–Kier alpha value is -2.51. The second kappa shape index (κ2) is 5.70. The highest BCUT2D eigenvalue weighted by atomic mass is 35.5. The number of aromatic nitrogens is 1. The number of anilines is 1. The summed E-state index contributed by atoms with van der Waals surface area (Å²) in [6.45, 7) is 0. The van der Waals surface area contributed by atoms with E-state index in [1.807, 2.05) is 6.07 Å². The summed E-state index contributed by atoms with van der Waals surface area (Å²) in [4.78, 5) is 26.4. The van der Waals surface area contributed by atoms with Gasteiger partial charge in [-0.3, -0.25) is 20.2 Å². The molecule has 1 N–H and O–H groups in total. The maximum Gasteiger partial charge on any atom is 0.269 e. The van der Waals surface area contributed by atoms with Crippen LogP contribution in [0.5, 0.6) is 0 Å². The number of fused-ring (bicyclic) bond motifs is 1. The van der Waals surface area contributed by atoms with E-state index in [2.05, 4.69) is 10.3 Å². The number of carbonyl (C=O) groups is 1. The molecule has 22 heavy (non-hydrogen) atoms. The van der Waals surface area contributed by atoms with Gasteiger partial charge < -0.3 is 0 Å². The first kappa shape index (κ1) is 14.4. The molecule has 0 aliphatic heterocycles. The number of rotatable bonds is 3. The average Bonchev–Trinajstić information content (AvgIpc) is 2.88. The molecule has 0 bridgehead atoms. The number of halogens is 1. The highest BCUT2D eigenvalue weighted by Gasteiger charge is 2.12. The van der Waals surface area contributed by atoms with Crippen molar-refractivity contribution in [3.8, 4) is 0 Å². The highest BCUT2D eigenvalue weighted by Crippen LogP contribution is 2.28. The molecule has 3 aromatic rings. The van der Waals surface area contributed by atoms with Gasteiger partial charge in [0, 0.05) is 22.7 Å². The average molecular weight is 334 g/mol. The van der Waals surface area contributed by atoms with Crippen molar-refractivity contribution in [1.82, 2.24) is 4.98 Å².